The van der Waals surface area contributed by atoms with E-state index < -0.39 is 0 Å². The summed E-state index contributed by atoms with van der Waals surface area (Å²) in [5.41, 5.74) is 5.48. The monoisotopic (exact) mass is 245 g/mol. The molecule has 0 aliphatic rings. The Bertz CT molecular complexity index is 327. The molecule has 84 valence electrons. The van der Waals surface area contributed by atoms with Crippen LogP contribution in [0.25, 0.3) is 0 Å². The Balaban J connectivity index is 2.28. The van der Waals surface area contributed by atoms with Crippen LogP contribution < -0.4 is 11.1 Å². The minimum absolute atomic E-state index is 0.0568. The molecular formula is C9H15N3OS2. The first-order valence-electron chi connectivity index (χ1n) is 4.75. The van der Waals surface area contributed by atoms with E-state index in [0.29, 0.717) is 10.9 Å². The Morgan fingerprint density at radius 3 is 3.07 bits per heavy atom. The van der Waals surface area contributed by atoms with E-state index in [4.69, 9.17) is 5.73 Å². The average Bonchev–Trinajstić information content (AvgIpc) is 2.61. The fourth-order valence-electron chi connectivity index (χ4n) is 0.894. The Hall–Kier alpha value is -0.750. The van der Waals surface area contributed by atoms with Gasteiger partial charge in [0.1, 0.15) is 0 Å². The molecule has 0 aliphatic heterocycles. The summed E-state index contributed by atoms with van der Waals surface area (Å²) >= 11 is 2.87. The van der Waals surface area contributed by atoms with Crippen LogP contribution in [0.1, 0.15) is 20.3 Å². The molecular weight excluding hydrogens is 230 g/mol. The summed E-state index contributed by atoms with van der Waals surface area (Å²) in [5.74, 6) is 0.479. The summed E-state index contributed by atoms with van der Waals surface area (Å²) in [7, 11) is 0. The second kappa shape index (κ2) is 5.97. The van der Waals surface area contributed by atoms with Crippen molar-refractivity contribution in [1.82, 2.24) is 10.3 Å². The molecule has 0 aromatic carbocycles. The zero-order valence-corrected chi connectivity index (χ0v) is 10.5. The van der Waals surface area contributed by atoms with Crippen LogP contribution in [0.5, 0.6) is 0 Å². The van der Waals surface area contributed by atoms with Crippen LogP contribution in [0.3, 0.4) is 0 Å². The van der Waals surface area contributed by atoms with E-state index in [2.05, 4.69) is 10.3 Å². The van der Waals surface area contributed by atoms with Crippen LogP contribution in [0, 0.1) is 0 Å². The molecule has 0 bridgehead atoms. The molecule has 6 heteroatoms. The van der Waals surface area contributed by atoms with Crippen molar-refractivity contribution < 1.29 is 4.79 Å². The lowest BCUT2D eigenvalue weighted by atomic mass is 10.3. The maximum atomic E-state index is 11.4. The summed E-state index contributed by atoms with van der Waals surface area (Å²) in [5, 5.41) is 3.44. The molecule has 1 unspecified atom stereocenters. The molecule has 1 heterocycles. The van der Waals surface area contributed by atoms with Crippen molar-refractivity contribution in [3.8, 4) is 0 Å². The van der Waals surface area contributed by atoms with Gasteiger partial charge in [-0.05, 0) is 13.3 Å². The lowest BCUT2D eigenvalue weighted by Crippen LogP contribution is -2.33. The smallest absolute Gasteiger partial charge is 0.230 e. The highest BCUT2D eigenvalue weighted by molar-refractivity contribution is 8.01. The third-order valence-electron chi connectivity index (χ3n) is 1.87. The fourth-order valence-corrected chi connectivity index (χ4v) is 2.46. The summed E-state index contributed by atoms with van der Waals surface area (Å²) in [6.07, 6.45) is 2.64. The zero-order chi connectivity index (χ0) is 11.3. The molecule has 1 aromatic rings. The molecule has 3 N–H and O–H groups in total. The molecule has 15 heavy (non-hydrogen) atoms. The first-order chi connectivity index (χ1) is 7.11. The number of rotatable bonds is 5. The van der Waals surface area contributed by atoms with E-state index in [-0.39, 0.29) is 11.9 Å². The van der Waals surface area contributed by atoms with Crippen LogP contribution in [-0.4, -0.2) is 22.7 Å². The van der Waals surface area contributed by atoms with E-state index in [1.807, 2.05) is 13.8 Å². The lowest BCUT2D eigenvalue weighted by Gasteiger charge is -2.10. The van der Waals surface area contributed by atoms with Gasteiger partial charge in [-0.15, -0.1) is 11.8 Å². The summed E-state index contributed by atoms with van der Waals surface area (Å²) in [6.45, 7) is 4.04. The van der Waals surface area contributed by atoms with E-state index in [1.54, 1.807) is 6.20 Å². The SMILES string of the molecule is CCC(C)NC(=O)CSc1cnc(N)s1. The molecule has 0 aliphatic carbocycles. The van der Waals surface area contributed by atoms with Crippen molar-refractivity contribution in [2.45, 2.75) is 30.5 Å². The molecule has 0 radical (unpaired) electrons. The third-order valence-corrected chi connectivity index (χ3v) is 3.89. The molecule has 1 atom stereocenters. The Labute approximate surface area is 97.7 Å². The number of thiazole rings is 1. The number of nitrogen functional groups attached to an aromatic ring is 1. The summed E-state index contributed by atoms with van der Waals surface area (Å²) < 4.78 is 0.979. The molecule has 4 nitrogen and oxygen atoms in total. The first-order valence-corrected chi connectivity index (χ1v) is 6.55. The van der Waals surface area contributed by atoms with Gasteiger partial charge in [0.15, 0.2) is 5.13 Å². The van der Waals surface area contributed by atoms with Gasteiger partial charge in [0.25, 0.3) is 0 Å². The van der Waals surface area contributed by atoms with Crippen molar-refractivity contribution in [1.29, 1.82) is 0 Å². The highest BCUT2D eigenvalue weighted by atomic mass is 32.2. The number of hydrogen-bond acceptors (Lipinski definition) is 5. The number of nitrogens with one attached hydrogen (secondary N) is 1. The molecule has 0 saturated carbocycles. The number of hydrogen-bond donors (Lipinski definition) is 2. The summed E-state index contributed by atoms with van der Waals surface area (Å²) in [6, 6.07) is 0.240. The van der Waals surface area contributed by atoms with Gasteiger partial charge in [-0.25, -0.2) is 4.98 Å². The third kappa shape index (κ3) is 4.53. The maximum Gasteiger partial charge on any atom is 0.230 e. The van der Waals surface area contributed by atoms with Crippen molar-refractivity contribution in [3.05, 3.63) is 6.20 Å². The summed E-state index contributed by atoms with van der Waals surface area (Å²) in [4.78, 5) is 15.3. The van der Waals surface area contributed by atoms with Gasteiger partial charge in [-0.2, -0.15) is 0 Å². The van der Waals surface area contributed by atoms with Crippen LogP contribution in [-0.2, 0) is 4.79 Å². The van der Waals surface area contributed by atoms with Gasteiger partial charge in [0, 0.05) is 6.04 Å². The number of amides is 1. The fraction of sp³-hybridized carbons (Fsp3) is 0.556. The van der Waals surface area contributed by atoms with Crippen LogP contribution in [0.2, 0.25) is 0 Å². The molecule has 1 rings (SSSR count). The van der Waals surface area contributed by atoms with E-state index >= 15 is 0 Å². The molecule has 0 spiro atoms. The number of thioether (sulfide) groups is 1. The molecule has 0 fully saturated rings. The minimum Gasteiger partial charge on any atom is -0.375 e. The lowest BCUT2D eigenvalue weighted by molar-refractivity contribution is -0.119. The van der Waals surface area contributed by atoms with Crippen molar-refractivity contribution in [2.24, 2.45) is 0 Å². The van der Waals surface area contributed by atoms with E-state index in [9.17, 15) is 4.79 Å². The standard InChI is InChI=1S/C9H15N3OS2/c1-3-6(2)12-7(13)5-14-8-4-11-9(10)15-8/h4,6H,3,5H2,1-2H3,(H2,10,11)(H,12,13). The van der Waals surface area contributed by atoms with Crippen LogP contribution in [0.15, 0.2) is 10.4 Å². The normalized spacial score (nSPS) is 12.4. The van der Waals surface area contributed by atoms with Crippen molar-refractivity contribution in [3.63, 3.8) is 0 Å². The van der Waals surface area contributed by atoms with Gasteiger partial charge in [-0.1, -0.05) is 18.3 Å². The van der Waals surface area contributed by atoms with Gasteiger partial charge >= 0.3 is 0 Å². The Morgan fingerprint density at radius 2 is 2.53 bits per heavy atom. The molecule has 1 aromatic heterocycles. The average molecular weight is 245 g/mol. The second-order valence-corrected chi connectivity index (χ2v) is 5.52. The largest absolute Gasteiger partial charge is 0.375 e. The van der Waals surface area contributed by atoms with Gasteiger partial charge < -0.3 is 11.1 Å². The second-order valence-electron chi connectivity index (χ2n) is 3.18. The number of aromatic nitrogens is 1. The topological polar surface area (TPSA) is 68.0 Å². The molecule has 0 saturated heterocycles. The number of carbonyl (C=O) groups is 1. The number of nitrogens with two attached hydrogens (primary N) is 1. The minimum atomic E-state index is 0.0568. The van der Waals surface area contributed by atoms with Crippen LogP contribution in [0.4, 0.5) is 5.13 Å². The quantitative estimate of drug-likeness (QED) is 0.775. The first kappa shape index (κ1) is 12.3. The Morgan fingerprint density at radius 1 is 1.80 bits per heavy atom. The van der Waals surface area contributed by atoms with E-state index in [1.165, 1.54) is 23.1 Å². The van der Waals surface area contributed by atoms with Gasteiger partial charge in [0.2, 0.25) is 5.91 Å². The van der Waals surface area contributed by atoms with E-state index in [0.717, 1.165) is 10.6 Å². The predicted octanol–water partition coefficient (Wildman–Crippen LogP) is 1.73. The number of anilines is 1. The number of nitrogens with zero attached hydrogens (tertiary/aromatic N) is 1. The highest BCUT2D eigenvalue weighted by Gasteiger charge is 2.07. The van der Waals surface area contributed by atoms with Crippen molar-refractivity contribution >= 4 is 34.1 Å². The number of carbonyl (C=O) groups excluding carboxylic acids is 1. The maximum absolute atomic E-state index is 11.4. The van der Waals surface area contributed by atoms with Crippen molar-refractivity contribution in [2.75, 3.05) is 11.5 Å². The van der Waals surface area contributed by atoms with Gasteiger partial charge in [-0.3, -0.25) is 4.79 Å². The van der Waals surface area contributed by atoms with Crippen LogP contribution >= 0.6 is 23.1 Å². The predicted molar refractivity (Wildman–Crippen MR) is 65.1 cm³/mol. The molecule has 1 amide bonds. The highest BCUT2D eigenvalue weighted by Crippen LogP contribution is 2.25. The Kier molecular flexibility index (Phi) is 4.90. The van der Waals surface area contributed by atoms with Gasteiger partial charge in [0.05, 0.1) is 16.2 Å². The zero-order valence-electron chi connectivity index (χ0n) is 8.82.